The zero-order valence-corrected chi connectivity index (χ0v) is 7.60. The zero-order chi connectivity index (χ0) is 9.26. The summed E-state index contributed by atoms with van der Waals surface area (Å²) in [4.78, 5) is 12.5. The molecule has 0 radical (unpaired) electrons. The lowest BCUT2D eigenvalue weighted by Gasteiger charge is -2.02. The number of aryl methyl sites for hydroxylation is 2. The molecule has 2 heterocycles. The van der Waals surface area contributed by atoms with Gasteiger partial charge in [0.25, 0.3) is 0 Å². The predicted octanol–water partition coefficient (Wildman–Crippen LogP) is 1.28. The summed E-state index contributed by atoms with van der Waals surface area (Å²) in [7, 11) is 0. The first kappa shape index (κ1) is 7.91. The van der Waals surface area contributed by atoms with Gasteiger partial charge >= 0.3 is 0 Å². The van der Waals surface area contributed by atoms with Gasteiger partial charge in [-0.05, 0) is 19.9 Å². The lowest BCUT2D eigenvalue weighted by atomic mass is 10.5. The first-order chi connectivity index (χ1) is 6.27. The number of aromatic nitrogens is 4. The summed E-state index contributed by atoms with van der Waals surface area (Å²) < 4.78 is 1.85. The summed E-state index contributed by atoms with van der Waals surface area (Å²) in [6, 6.07) is 1.87. The van der Waals surface area contributed by atoms with Crippen molar-refractivity contribution < 1.29 is 0 Å². The molecule has 0 spiro atoms. The maximum atomic E-state index is 4.29. The highest BCUT2D eigenvalue weighted by Crippen LogP contribution is 2.03. The Morgan fingerprint density at radius 3 is 2.62 bits per heavy atom. The van der Waals surface area contributed by atoms with Crippen molar-refractivity contribution in [1.29, 1.82) is 0 Å². The third-order valence-electron chi connectivity index (χ3n) is 1.82. The van der Waals surface area contributed by atoms with Gasteiger partial charge in [-0.2, -0.15) is 0 Å². The largest absolute Gasteiger partial charge is 0.272 e. The Labute approximate surface area is 76.3 Å². The van der Waals surface area contributed by atoms with Gasteiger partial charge in [0, 0.05) is 24.3 Å². The zero-order valence-electron chi connectivity index (χ0n) is 7.60. The van der Waals surface area contributed by atoms with E-state index in [9.17, 15) is 0 Å². The van der Waals surface area contributed by atoms with Gasteiger partial charge in [0.05, 0.1) is 0 Å². The van der Waals surface area contributed by atoms with E-state index in [-0.39, 0.29) is 0 Å². The van der Waals surface area contributed by atoms with Gasteiger partial charge in [-0.25, -0.2) is 15.0 Å². The molecule has 0 saturated heterocycles. The maximum absolute atomic E-state index is 4.29. The van der Waals surface area contributed by atoms with E-state index in [0.717, 1.165) is 11.5 Å². The van der Waals surface area contributed by atoms with Gasteiger partial charge < -0.3 is 0 Å². The monoisotopic (exact) mass is 174 g/mol. The van der Waals surface area contributed by atoms with Gasteiger partial charge in [0.2, 0.25) is 5.95 Å². The van der Waals surface area contributed by atoms with E-state index in [1.54, 1.807) is 12.4 Å². The molecule has 0 fully saturated rings. The molecule has 0 atom stereocenters. The lowest BCUT2D eigenvalue weighted by Crippen LogP contribution is -2.02. The minimum atomic E-state index is 0.676. The molecule has 2 aromatic rings. The Morgan fingerprint density at radius 2 is 2.00 bits per heavy atom. The summed E-state index contributed by atoms with van der Waals surface area (Å²) in [5.41, 5.74) is 0.957. The van der Waals surface area contributed by atoms with Crippen LogP contribution in [-0.4, -0.2) is 19.5 Å². The fourth-order valence-corrected chi connectivity index (χ4v) is 1.14. The molecule has 0 aliphatic rings. The van der Waals surface area contributed by atoms with Gasteiger partial charge in [-0.1, -0.05) is 0 Å². The highest BCUT2D eigenvalue weighted by atomic mass is 15.2. The molecule has 0 aromatic carbocycles. The van der Waals surface area contributed by atoms with Crippen LogP contribution >= 0.6 is 0 Å². The second-order valence-corrected chi connectivity index (χ2v) is 2.84. The first-order valence-corrected chi connectivity index (χ1v) is 4.07. The second kappa shape index (κ2) is 2.97. The summed E-state index contributed by atoms with van der Waals surface area (Å²) in [6.45, 7) is 3.86. The molecule has 0 unspecified atom stereocenters. The van der Waals surface area contributed by atoms with Crippen molar-refractivity contribution in [3.63, 3.8) is 0 Å². The first-order valence-electron chi connectivity index (χ1n) is 4.07. The molecule has 0 N–H and O–H groups in total. The third-order valence-corrected chi connectivity index (χ3v) is 1.82. The SMILES string of the molecule is Cc1ccnc(-n2ccnc2C)n1. The Hall–Kier alpha value is -1.71. The molecular weight excluding hydrogens is 164 g/mol. The van der Waals surface area contributed by atoms with Crippen LogP contribution in [0.5, 0.6) is 0 Å². The van der Waals surface area contributed by atoms with Crippen LogP contribution in [0.4, 0.5) is 0 Å². The highest BCUT2D eigenvalue weighted by Gasteiger charge is 2.01. The minimum Gasteiger partial charge on any atom is -0.272 e. The molecular formula is C9H10N4. The van der Waals surface area contributed by atoms with E-state index in [1.807, 2.05) is 30.7 Å². The minimum absolute atomic E-state index is 0.676. The van der Waals surface area contributed by atoms with Gasteiger partial charge in [-0.15, -0.1) is 0 Å². The molecule has 0 bridgehead atoms. The maximum Gasteiger partial charge on any atom is 0.235 e. The molecule has 13 heavy (non-hydrogen) atoms. The van der Waals surface area contributed by atoms with Crippen LogP contribution in [0.15, 0.2) is 24.7 Å². The molecule has 2 aromatic heterocycles. The molecule has 4 nitrogen and oxygen atoms in total. The van der Waals surface area contributed by atoms with Crippen molar-refractivity contribution in [2.75, 3.05) is 0 Å². The Kier molecular flexibility index (Phi) is 1.81. The van der Waals surface area contributed by atoms with E-state index in [0.29, 0.717) is 5.95 Å². The van der Waals surface area contributed by atoms with Crippen LogP contribution in [0.1, 0.15) is 11.5 Å². The fraction of sp³-hybridized carbons (Fsp3) is 0.222. The number of hydrogen-bond acceptors (Lipinski definition) is 3. The van der Waals surface area contributed by atoms with Crippen LogP contribution in [0.3, 0.4) is 0 Å². The van der Waals surface area contributed by atoms with Crippen LogP contribution in [0.2, 0.25) is 0 Å². The van der Waals surface area contributed by atoms with Crippen molar-refractivity contribution in [1.82, 2.24) is 19.5 Å². The highest BCUT2D eigenvalue weighted by molar-refractivity contribution is 5.16. The summed E-state index contributed by atoms with van der Waals surface area (Å²) in [6.07, 6.45) is 5.34. The molecule has 2 rings (SSSR count). The molecule has 0 saturated carbocycles. The molecule has 0 amide bonds. The molecule has 66 valence electrons. The summed E-state index contributed by atoms with van der Waals surface area (Å²) in [5.74, 6) is 1.57. The normalized spacial score (nSPS) is 10.3. The number of imidazole rings is 1. The fourth-order valence-electron chi connectivity index (χ4n) is 1.14. The molecule has 4 heteroatoms. The topological polar surface area (TPSA) is 43.6 Å². The molecule has 0 aliphatic carbocycles. The van der Waals surface area contributed by atoms with Crippen molar-refractivity contribution in [2.24, 2.45) is 0 Å². The third kappa shape index (κ3) is 1.42. The van der Waals surface area contributed by atoms with E-state index in [4.69, 9.17) is 0 Å². The Bertz CT molecular complexity index is 419. The van der Waals surface area contributed by atoms with Crippen LogP contribution in [0.25, 0.3) is 5.95 Å². The van der Waals surface area contributed by atoms with Crippen LogP contribution in [-0.2, 0) is 0 Å². The Balaban J connectivity index is 2.53. The average molecular weight is 174 g/mol. The van der Waals surface area contributed by atoms with E-state index < -0.39 is 0 Å². The van der Waals surface area contributed by atoms with Crippen molar-refractivity contribution in [3.05, 3.63) is 36.2 Å². The average Bonchev–Trinajstić information content (AvgIpc) is 2.51. The quantitative estimate of drug-likeness (QED) is 0.654. The van der Waals surface area contributed by atoms with Crippen LogP contribution in [0, 0.1) is 13.8 Å². The standard InChI is InChI=1S/C9H10N4/c1-7-3-4-11-9(12-7)13-6-5-10-8(13)2/h3-6H,1-2H3. The summed E-state index contributed by atoms with van der Waals surface area (Å²) >= 11 is 0. The van der Waals surface area contributed by atoms with Crippen molar-refractivity contribution in [2.45, 2.75) is 13.8 Å². The number of nitrogens with zero attached hydrogens (tertiary/aromatic N) is 4. The predicted molar refractivity (Wildman–Crippen MR) is 48.6 cm³/mol. The number of hydrogen-bond donors (Lipinski definition) is 0. The van der Waals surface area contributed by atoms with Crippen molar-refractivity contribution >= 4 is 0 Å². The van der Waals surface area contributed by atoms with Gasteiger partial charge in [0.15, 0.2) is 0 Å². The molecule has 0 aliphatic heterocycles. The van der Waals surface area contributed by atoms with Gasteiger partial charge in [-0.3, -0.25) is 4.57 Å². The van der Waals surface area contributed by atoms with E-state index in [1.165, 1.54) is 0 Å². The number of rotatable bonds is 1. The van der Waals surface area contributed by atoms with Crippen molar-refractivity contribution in [3.8, 4) is 5.95 Å². The van der Waals surface area contributed by atoms with E-state index in [2.05, 4.69) is 15.0 Å². The van der Waals surface area contributed by atoms with E-state index >= 15 is 0 Å². The van der Waals surface area contributed by atoms with Crippen LogP contribution < -0.4 is 0 Å². The second-order valence-electron chi connectivity index (χ2n) is 2.84. The van der Waals surface area contributed by atoms with Gasteiger partial charge in [0.1, 0.15) is 5.82 Å². The Morgan fingerprint density at radius 1 is 1.15 bits per heavy atom. The lowest BCUT2D eigenvalue weighted by molar-refractivity contribution is 0.871. The smallest absolute Gasteiger partial charge is 0.235 e. The summed E-state index contributed by atoms with van der Waals surface area (Å²) in [5, 5.41) is 0.